The van der Waals surface area contributed by atoms with Crippen molar-refractivity contribution in [1.82, 2.24) is 0 Å². The molecule has 1 fully saturated rings. The highest BCUT2D eigenvalue weighted by Gasteiger charge is 2.35. The minimum atomic E-state index is -3.05. The quantitative estimate of drug-likeness (QED) is 0.802. The van der Waals surface area contributed by atoms with Crippen LogP contribution in [0.5, 0.6) is 0 Å². The van der Waals surface area contributed by atoms with E-state index in [1.165, 1.54) is 0 Å². The van der Waals surface area contributed by atoms with Crippen molar-refractivity contribution in [1.29, 1.82) is 0 Å². The second-order valence-electron chi connectivity index (χ2n) is 5.30. The number of nitrogens with zero attached hydrogens (tertiary/aromatic N) is 1. The SMILES string of the molecule is Cc1cc(C)cc(N(C(=O)CCl)[C@@H]2CCS(=O)(=O)C2)c1. The Labute approximate surface area is 124 Å². The number of hydrogen-bond donors (Lipinski definition) is 0. The standard InChI is InChI=1S/C14H18ClNO3S/c1-10-5-11(2)7-13(6-10)16(14(17)8-15)12-3-4-20(18,19)9-12/h5-7,12H,3-4,8-9H2,1-2H3/t12-/m1/s1. The van der Waals surface area contributed by atoms with Crippen LogP contribution in [0.3, 0.4) is 0 Å². The van der Waals surface area contributed by atoms with Gasteiger partial charge in [0.1, 0.15) is 5.88 Å². The Kier molecular flexibility index (Phi) is 4.39. The summed E-state index contributed by atoms with van der Waals surface area (Å²) in [5, 5.41) is 0. The van der Waals surface area contributed by atoms with E-state index in [-0.39, 0.29) is 29.3 Å². The largest absolute Gasteiger partial charge is 0.307 e. The van der Waals surface area contributed by atoms with Gasteiger partial charge in [-0.05, 0) is 43.5 Å². The van der Waals surface area contributed by atoms with Crippen molar-refractivity contribution < 1.29 is 13.2 Å². The van der Waals surface area contributed by atoms with Crippen LogP contribution < -0.4 is 4.90 Å². The third-order valence-corrected chi connectivity index (χ3v) is 5.42. The molecule has 0 aliphatic carbocycles. The zero-order chi connectivity index (χ0) is 14.9. The normalized spacial score (nSPS) is 20.9. The second-order valence-corrected chi connectivity index (χ2v) is 7.80. The molecule has 0 saturated carbocycles. The summed E-state index contributed by atoms with van der Waals surface area (Å²) in [5.74, 6) is -0.250. The fourth-order valence-electron chi connectivity index (χ4n) is 2.69. The first kappa shape index (κ1) is 15.3. The molecular weight excluding hydrogens is 298 g/mol. The summed E-state index contributed by atoms with van der Waals surface area (Å²) in [5.41, 5.74) is 2.80. The summed E-state index contributed by atoms with van der Waals surface area (Å²) < 4.78 is 23.3. The highest BCUT2D eigenvalue weighted by molar-refractivity contribution is 7.91. The maximum absolute atomic E-state index is 12.1. The first-order valence-corrected chi connectivity index (χ1v) is 8.85. The summed E-state index contributed by atoms with van der Waals surface area (Å²) in [6, 6.07) is 5.48. The fourth-order valence-corrected chi connectivity index (χ4v) is 4.52. The number of hydrogen-bond acceptors (Lipinski definition) is 3. The molecule has 6 heteroatoms. The van der Waals surface area contributed by atoms with Gasteiger partial charge in [-0.25, -0.2) is 8.42 Å². The van der Waals surface area contributed by atoms with E-state index in [0.29, 0.717) is 6.42 Å². The average Bonchev–Trinajstić information content (AvgIpc) is 2.68. The van der Waals surface area contributed by atoms with Crippen molar-refractivity contribution in [3.63, 3.8) is 0 Å². The van der Waals surface area contributed by atoms with Gasteiger partial charge in [0, 0.05) is 5.69 Å². The zero-order valence-corrected chi connectivity index (χ0v) is 13.2. The Balaban J connectivity index is 2.40. The highest BCUT2D eigenvalue weighted by atomic mass is 35.5. The van der Waals surface area contributed by atoms with E-state index in [1.807, 2.05) is 32.0 Å². The molecule has 110 valence electrons. The molecule has 1 aliphatic heterocycles. The van der Waals surface area contributed by atoms with Gasteiger partial charge >= 0.3 is 0 Å². The van der Waals surface area contributed by atoms with Crippen LogP contribution in [0.1, 0.15) is 17.5 Å². The summed E-state index contributed by atoms with van der Waals surface area (Å²) in [6.45, 7) is 3.90. The Hall–Kier alpha value is -1.07. The maximum Gasteiger partial charge on any atom is 0.242 e. The lowest BCUT2D eigenvalue weighted by molar-refractivity contribution is -0.116. The smallest absolute Gasteiger partial charge is 0.242 e. The number of rotatable bonds is 3. The number of carbonyl (C=O) groups is 1. The van der Waals surface area contributed by atoms with Gasteiger partial charge in [0.25, 0.3) is 0 Å². The number of anilines is 1. The van der Waals surface area contributed by atoms with Gasteiger partial charge < -0.3 is 4.90 Å². The van der Waals surface area contributed by atoms with Crippen LogP contribution in [0.25, 0.3) is 0 Å². The van der Waals surface area contributed by atoms with Crippen molar-refractivity contribution >= 4 is 33.0 Å². The van der Waals surface area contributed by atoms with Gasteiger partial charge in [-0.3, -0.25) is 4.79 Å². The minimum Gasteiger partial charge on any atom is -0.307 e. The topological polar surface area (TPSA) is 54.5 Å². The number of aryl methyl sites for hydroxylation is 2. The third kappa shape index (κ3) is 3.33. The zero-order valence-electron chi connectivity index (χ0n) is 11.6. The Morgan fingerprint density at radius 1 is 1.30 bits per heavy atom. The van der Waals surface area contributed by atoms with Gasteiger partial charge in [0.2, 0.25) is 5.91 Å². The maximum atomic E-state index is 12.1. The van der Waals surface area contributed by atoms with Crippen LogP contribution in [0, 0.1) is 13.8 Å². The molecule has 0 bridgehead atoms. The molecule has 1 aromatic carbocycles. The van der Waals surface area contributed by atoms with Crippen LogP contribution in [-0.2, 0) is 14.6 Å². The molecule has 2 rings (SSSR count). The second kappa shape index (κ2) is 5.74. The number of amides is 1. The highest BCUT2D eigenvalue weighted by Crippen LogP contribution is 2.26. The molecule has 4 nitrogen and oxygen atoms in total. The van der Waals surface area contributed by atoms with Crippen LogP contribution in [0.15, 0.2) is 18.2 Å². The number of alkyl halides is 1. The van der Waals surface area contributed by atoms with E-state index >= 15 is 0 Å². The summed E-state index contributed by atoms with van der Waals surface area (Å²) in [4.78, 5) is 13.7. The minimum absolute atomic E-state index is 0.0165. The van der Waals surface area contributed by atoms with E-state index in [1.54, 1.807) is 4.90 Å². The van der Waals surface area contributed by atoms with Crippen molar-refractivity contribution in [3.05, 3.63) is 29.3 Å². The molecule has 1 amide bonds. The monoisotopic (exact) mass is 315 g/mol. The lowest BCUT2D eigenvalue weighted by atomic mass is 10.1. The van der Waals surface area contributed by atoms with Crippen molar-refractivity contribution in [2.45, 2.75) is 26.3 Å². The van der Waals surface area contributed by atoms with E-state index in [9.17, 15) is 13.2 Å². The van der Waals surface area contributed by atoms with Gasteiger partial charge in [-0.2, -0.15) is 0 Å². The van der Waals surface area contributed by atoms with E-state index in [4.69, 9.17) is 11.6 Å². The van der Waals surface area contributed by atoms with Gasteiger partial charge in [-0.15, -0.1) is 11.6 Å². The molecule has 0 spiro atoms. The first-order valence-electron chi connectivity index (χ1n) is 6.49. The lowest BCUT2D eigenvalue weighted by Gasteiger charge is -2.28. The predicted molar refractivity (Wildman–Crippen MR) is 81.2 cm³/mol. The molecule has 1 atom stereocenters. The van der Waals surface area contributed by atoms with Crippen molar-refractivity contribution in [2.75, 3.05) is 22.3 Å². The van der Waals surface area contributed by atoms with Gasteiger partial charge in [-0.1, -0.05) is 6.07 Å². The molecule has 1 aromatic rings. The molecule has 0 radical (unpaired) electrons. The van der Waals surface area contributed by atoms with Crippen molar-refractivity contribution in [3.8, 4) is 0 Å². The summed E-state index contributed by atoms with van der Waals surface area (Å²) >= 11 is 5.69. The third-order valence-electron chi connectivity index (χ3n) is 3.44. The predicted octanol–water partition coefficient (Wildman–Crippen LogP) is 2.06. The summed E-state index contributed by atoms with van der Waals surface area (Å²) in [7, 11) is -3.05. The Morgan fingerprint density at radius 3 is 2.35 bits per heavy atom. The Morgan fingerprint density at radius 2 is 1.90 bits per heavy atom. The Bertz CT molecular complexity index is 607. The fraction of sp³-hybridized carbons (Fsp3) is 0.500. The molecule has 0 N–H and O–H groups in total. The molecular formula is C14H18ClNO3S. The van der Waals surface area contributed by atoms with Gasteiger partial charge in [0.15, 0.2) is 9.84 Å². The first-order chi connectivity index (χ1) is 9.32. The molecule has 1 saturated heterocycles. The molecule has 1 heterocycles. The number of sulfone groups is 1. The van der Waals surface area contributed by atoms with E-state index in [2.05, 4.69) is 0 Å². The van der Waals surface area contributed by atoms with Gasteiger partial charge in [0.05, 0.1) is 17.5 Å². The molecule has 0 aromatic heterocycles. The summed E-state index contributed by atoms with van der Waals surface area (Å²) in [6.07, 6.45) is 0.470. The number of halogens is 1. The average molecular weight is 316 g/mol. The van der Waals surface area contributed by atoms with E-state index < -0.39 is 9.84 Å². The lowest BCUT2D eigenvalue weighted by Crippen LogP contribution is -2.42. The van der Waals surface area contributed by atoms with Crippen LogP contribution in [0.4, 0.5) is 5.69 Å². The van der Waals surface area contributed by atoms with Crippen LogP contribution >= 0.6 is 11.6 Å². The van der Waals surface area contributed by atoms with E-state index in [0.717, 1.165) is 16.8 Å². The molecule has 20 heavy (non-hydrogen) atoms. The number of benzene rings is 1. The number of carbonyl (C=O) groups excluding carboxylic acids is 1. The molecule has 0 unspecified atom stereocenters. The molecule has 1 aliphatic rings. The van der Waals surface area contributed by atoms with Crippen LogP contribution in [-0.4, -0.2) is 37.8 Å². The van der Waals surface area contributed by atoms with Crippen LogP contribution in [0.2, 0.25) is 0 Å². The van der Waals surface area contributed by atoms with Crippen molar-refractivity contribution in [2.24, 2.45) is 0 Å².